The third-order valence-corrected chi connectivity index (χ3v) is 3.23. The van der Waals surface area contributed by atoms with Crippen LogP contribution in [0.25, 0.3) is 11.0 Å². The SMILES string of the molecule is Cc1nc2c(O)cc(C(=O)N(C)C)cc2n1C(C)(C)C. The summed E-state index contributed by atoms with van der Waals surface area (Å²) in [6.07, 6.45) is 0. The molecule has 0 saturated carbocycles. The Kier molecular flexibility index (Phi) is 3.24. The molecule has 0 saturated heterocycles. The van der Waals surface area contributed by atoms with Crippen LogP contribution < -0.4 is 0 Å². The number of phenols is 1. The van der Waals surface area contributed by atoms with Gasteiger partial charge in [-0.05, 0) is 39.8 Å². The number of hydrogen-bond donors (Lipinski definition) is 1. The summed E-state index contributed by atoms with van der Waals surface area (Å²) in [6, 6.07) is 3.27. The summed E-state index contributed by atoms with van der Waals surface area (Å²) in [4.78, 5) is 18.0. The molecule has 0 atom stereocenters. The molecule has 108 valence electrons. The molecule has 1 N–H and O–H groups in total. The van der Waals surface area contributed by atoms with E-state index in [2.05, 4.69) is 25.8 Å². The zero-order valence-corrected chi connectivity index (χ0v) is 12.9. The summed E-state index contributed by atoms with van der Waals surface area (Å²) in [7, 11) is 3.38. The zero-order chi connectivity index (χ0) is 15.2. The second kappa shape index (κ2) is 4.51. The van der Waals surface area contributed by atoms with E-state index in [-0.39, 0.29) is 17.2 Å². The molecule has 5 heteroatoms. The molecule has 1 aromatic heterocycles. The zero-order valence-electron chi connectivity index (χ0n) is 12.9. The van der Waals surface area contributed by atoms with Crippen molar-refractivity contribution in [3.05, 3.63) is 23.5 Å². The van der Waals surface area contributed by atoms with Gasteiger partial charge in [0.05, 0.1) is 5.52 Å². The molecule has 1 amide bonds. The Bertz CT molecular complexity index is 678. The van der Waals surface area contributed by atoms with E-state index in [0.29, 0.717) is 11.1 Å². The highest BCUT2D eigenvalue weighted by molar-refractivity contribution is 5.99. The second-order valence-electron chi connectivity index (χ2n) is 6.23. The summed E-state index contributed by atoms with van der Waals surface area (Å²) < 4.78 is 2.04. The lowest BCUT2D eigenvalue weighted by Gasteiger charge is -2.24. The topological polar surface area (TPSA) is 58.4 Å². The predicted octanol–water partition coefficient (Wildman–Crippen LogP) is 2.51. The van der Waals surface area contributed by atoms with Crippen molar-refractivity contribution in [2.45, 2.75) is 33.2 Å². The number of carbonyl (C=O) groups is 1. The third kappa shape index (κ3) is 2.24. The summed E-state index contributed by atoms with van der Waals surface area (Å²) in [5.41, 5.74) is 1.60. The van der Waals surface area contributed by atoms with Crippen LogP contribution in [0.2, 0.25) is 0 Å². The van der Waals surface area contributed by atoms with E-state index in [9.17, 15) is 9.90 Å². The number of aromatic hydroxyl groups is 1. The molecule has 0 aliphatic carbocycles. The van der Waals surface area contributed by atoms with Crippen LogP contribution in [0.1, 0.15) is 37.0 Å². The van der Waals surface area contributed by atoms with Crippen LogP contribution in [0.4, 0.5) is 0 Å². The minimum absolute atomic E-state index is 0.0406. The lowest BCUT2D eigenvalue weighted by atomic mass is 10.1. The Morgan fingerprint density at radius 3 is 2.40 bits per heavy atom. The van der Waals surface area contributed by atoms with Crippen molar-refractivity contribution >= 4 is 16.9 Å². The summed E-state index contributed by atoms with van der Waals surface area (Å²) >= 11 is 0. The van der Waals surface area contributed by atoms with Gasteiger partial charge in [0.2, 0.25) is 0 Å². The molecule has 0 radical (unpaired) electrons. The number of carbonyl (C=O) groups excluding carboxylic acids is 1. The Morgan fingerprint density at radius 2 is 1.90 bits per heavy atom. The number of amides is 1. The normalized spacial score (nSPS) is 11.9. The predicted molar refractivity (Wildman–Crippen MR) is 79.1 cm³/mol. The molecule has 0 aliphatic rings. The number of benzene rings is 1. The van der Waals surface area contributed by atoms with E-state index >= 15 is 0 Å². The monoisotopic (exact) mass is 275 g/mol. The Balaban J connectivity index is 2.78. The van der Waals surface area contributed by atoms with Gasteiger partial charge < -0.3 is 14.6 Å². The molecule has 0 fully saturated rings. The quantitative estimate of drug-likeness (QED) is 0.870. The van der Waals surface area contributed by atoms with Crippen molar-refractivity contribution in [1.82, 2.24) is 14.5 Å². The molecule has 1 heterocycles. The van der Waals surface area contributed by atoms with E-state index in [1.165, 1.54) is 11.0 Å². The molecule has 20 heavy (non-hydrogen) atoms. The van der Waals surface area contributed by atoms with Gasteiger partial charge in [0.15, 0.2) is 0 Å². The maximum Gasteiger partial charge on any atom is 0.253 e. The smallest absolute Gasteiger partial charge is 0.253 e. The fourth-order valence-electron chi connectivity index (χ4n) is 2.50. The lowest BCUT2D eigenvalue weighted by Crippen LogP contribution is -2.24. The summed E-state index contributed by atoms with van der Waals surface area (Å²) in [6.45, 7) is 8.11. The maximum atomic E-state index is 12.1. The second-order valence-corrected chi connectivity index (χ2v) is 6.23. The number of hydrogen-bond acceptors (Lipinski definition) is 3. The van der Waals surface area contributed by atoms with Gasteiger partial charge in [-0.2, -0.15) is 0 Å². The average molecular weight is 275 g/mol. The average Bonchev–Trinajstić information content (AvgIpc) is 2.64. The Labute approximate surface area is 118 Å². The first-order chi connectivity index (χ1) is 9.12. The van der Waals surface area contributed by atoms with Crippen molar-refractivity contribution < 1.29 is 9.90 Å². The molecule has 5 nitrogen and oxygen atoms in total. The van der Waals surface area contributed by atoms with Crippen molar-refractivity contribution in [2.75, 3.05) is 14.1 Å². The fraction of sp³-hybridized carbons (Fsp3) is 0.467. The first-order valence-electron chi connectivity index (χ1n) is 6.57. The first kappa shape index (κ1) is 14.4. The van der Waals surface area contributed by atoms with Crippen LogP contribution in [-0.4, -0.2) is 39.6 Å². The van der Waals surface area contributed by atoms with Crippen LogP contribution in [-0.2, 0) is 5.54 Å². The Morgan fingerprint density at radius 1 is 1.30 bits per heavy atom. The van der Waals surface area contributed by atoms with E-state index in [4.69, 9.17) is 0 Å². The van der Waals surface area contributed by atoms with Gasteiger partial charge in [-0.15, -0.1) is 0 Å². The van der Waals surface area contributed by atoms with Gasteiger partial charge in [0, 0.05) is 25.2 Å². The van der Waals surface area contributed by atoms with E-state index in [1.807, 2.05) is 11.5 Å². The highest BCUT2D eigenvalue weighted by Crippen LogP contribution is 2.31. The van der Waals surface area contributed by atoms with Gasteiger partial charge in [0.25, 0.3) is 5.91 Å². The van der Waals surface area contributed by atoms with Gasteiger partial charge in [0.1, 0.15) is 17.1 Å². The van der Waals surface area contributed by atoms with Crippen LogP contribution in [0.5, 0.6) is 5.75 Å². The molecular weight excluding hydrogens is 254 g/mol. The number of imidazole rings is 1. The third-order valence-electron chi connectivity index (χ3n) is 3.23. The number of aryl methyl sites for hydroxylation is 1. The van der Waals surface area contributed by atoms with Gasteiger partial charge in [-0.1, -0.05) is 0 Å². The molecular formula is C15H21N3O2. The number of fused-ring (bicyclic) bond motifs is 1. The van der Waals surface area contributed by atoms with Crippen molar-refractivity contribution in [3.63, 3.8) is 0 Å². The maximum absolute atomic E-state index is 12.1. The van der Waals surface area contributed by atoms with Crippen molar-refractivity contribution in [3.8, 4) is 5.75 Å². The van der Waals surface area contributed by atoms with E-state index in [1.54, 1.807) is 20.2 Å². The van der Waals surface area contributed by atoms with Gasteiger partial charge in [-0.25, -0.2) is 4.98 Å². The molecule has 0 unspecified atom stereocenters. The van der Waals surface area contributed by atoms with Crippen molar-refractivity contribution in [2.24, 2.45) is 0 Å². The van der Waals surface area contributed by atoms with Crippen LogP contribution in [0.3, 0.4) is 0 Å². The largest absolute Gasteiger partial charge is 0.506 e. The number of aromatic nitrogens is 2. The van der Waals surface area contributed by atoms with Gasteiger partial charge >= 0.3 is 0 Å². The van der Waals surface area contributed by atoms with Crippen LogP contribution >= 0.6 is 0 Å². The van der Waals surface area contributed by atoms with Gasteiger partial charge in [-0.3, -0.25) is 4.79 Å². The molecule has 0 spiro atoms. The van der Waals surface area contributed by atoms with E-state index < -0.39 is 0 Å². The molecule has 2 rings (SSSR count). The summed E-state index contributed by atoms with van der Waals surface area (Å²) in [5.74, 6) is 0.720. The molecule has 1 aromatic carbocycles. The highest BCUT2D eigenvalue weighted by atomic mass is 16.3. The minimum Gasteiger partial charge on any atom is -0.506 e. The first-order valence-corrected chi connectivity index (χ1v) is 6.57. The van der Waals surface area contributed by atoms with Crippen LogP contribution in [0, 0.1) is 6.92 Å². The number of phenolic OH excluding ortho intramolecular Hbond substituents is 1. The molecule has 0 aliphatic heterocycles. The number of rotatable bonds is 1. The standard InChI is InChI=1S/C15H21N3O2/c1-9-16-13-11(18(9)15(2,3)4)7-10(8-12(13)19)14(20)17(5)6/h7-8,19H,1-6H3. The van der Waals surface area contributed by atoms with Crippen molar-refractivity contribution in [1.29, 1.82) is 0 Å². The van der Waals surface area contributed by atoms with E-state index in [0.717, 1.165) is 11.3 Å². The highest BCUT2D eigenvalue weighted by Gasteiger charge is 2.22. The summed E-state index contributed by atoms with van der Waals surface area (Å²) in [5, 5.41) is 10.1. The lowest BCUT2D eigenvalue weighted by molar-refractivity contribution is 0.0827. The minimum atomic E-state index is -0.176. The van der Waals surface area contributed by atoms with Crippen LogP contribution in [0.15, 0.2) is 12.1 Å². The Hall–Kier alpha value is -2.04. The molecule has 2 aromatic rings. The fourth-order valence-corrected chi connectivity index (χ4v) is 2.50. The molecule has 0 bridgehead atoms. The number of nitrogens with zero attached hydrogens (tertiary/aromatic N) is 3.